The zero-order valence-electron chi connectivity index (χ0n) is 8.12. The summed E-state index contributed by atoms with van der Waals surface area (Å²) in [5.41, 5.74) is 0. The second-order valence-corrected chi connectivity index (χ2v) is 4.13. The van der Waals surface area contributed by atoms with Crippen molar-refractivity contribution in [1.29, 1.82) is 0 Å². The predicted molar refractivity (Wildman–Crippen MR) is 48.3 cm³/mol. The van der Waals surface area contributed by atoms with E-state index in [2.05, 4.69) is 0 Å². The molecule has 1 fully saturated rings. The smallest absolute Gasteiger partial charge is 0.307 e. The van der Waals surface area contributed by atoms with Gasteiger partial charge in [0.2, 0.25) is 0 Å². The van der Waals surface area contributed by atoms with Crippen LogP contribution in [0.25, 0.3) is 0 Å². The number of rotatable bonds is 2. The number of hydrogen-bond donors (Lipinski definition) is 1. The fourth-order valence-corrected chi connectivity index (χ4v) is 2.10. The Labute approximate surface area is 78.1 Å². The first-order valence-electron chi connectivity index (χ1n) is 4.77. The van der Waals surface area contributed by atoms with Crippen LogP contribution < -0.4 is 0 Å². The first-order valence-corrected chi connectivity index (χ1v) is 4.77. The highest BCUT2D eigenvalue weighted by Crippen LogP contribution is 2.33. The van der Waals surface area contributed by atoms with Crippen LogP contribution in [-0.2, 0) is 9.59 Å². The molecule has 0 aliphatic heterocycles. The van der Waals surface area contributed by atoms with E-state index in [0.29, 0.717) is 12.3 Å². The Hall–Kier alpha value is -0.860. The van der Waals surface area contributed by atoms with Crippen LogP contribution >= 0.6 is 0 Å². The number of carboxylic acid groups (broad SMARTS) is 1. The summed E-state index contributed by atoms with van der Waals surface area (Å²) in [7, 11) is 0. The maximum atomic E-state index is 11.1. The van der Waals surface area contributed by atoms with Crippen molar-refractivity contribution in [2.45, 2.75) is 33.1 Å². The van der Waals surface area contributed by atoms with Gasteiger partial charge in [0, 0.05) is 12.8 Å². The van der Waals surface area contributed by atoms with Gasteiger partial charge in [-0.15, -0.1) is 0 Å². The quantitative estimate of drug-likeness (QED) is 0.710. The van der Waals surface area contributed by atoms with E-state index in [9.17, 15) is 9.59 Å². The minimum Gasteiger partial charge on any atom is -0.481 e. The van der Waals surface area contributed by atoms with Gasteiger partial charge in [0.15, 0.2) is 0 Å². The SMILES string of the molecule is CC(C)C1CCC(=O)CC1C(=O)O. The van der Waals surface area contributed by atoms with Crippen molar-refractivity contribution in [3.63, 3.8) is 0 Å². The molecule has 74 valence electrons. The Kier molecular flexibility index (Phi) is 3.07. The van der Waals surface area contributed by atoms with Gasteiger partial charge < -0.3 is 5.11 Å². The third-order valence-corrected chi connectivity index (χ3v) is 2.89. The van der Waals surface area contributed by atoms with E-state index in [-0.39, 0.29) is 18.1 Å². The van der Waals surface area contributed by atoms with Crippen LogP contribution in [0.15, 0.2) is 0 Å². The second kappa shape index (κ2) is 3.90. The zero-order chi connectivity index (χ0) is 10.0. The lowest BCUT2D eigenvalue weighted by Gasteiger charge is -2.30. The standard InChI is InChI=1S/C10H16O3/c1-6(2)8-4-3-7(11)5-9(8)10(12)13/h6,8-9H,3-5H2,1-2H3,(H,12,13). The number of ketones is 1. The highest BCUT2D eigenvalue weighted by molar-refractivity contribution is 5.85. The van der Waals surface area contributed by atoms with Crippen LogP contribution in [0.3, 0.4) is 0 Å². The second-order valence-electron chi connectivity index (χ2n) is 4.13. The molecule has 2 unspecified atom stereocenters. The molecule has 0 saturated heterocycles. The molecule has 0 amide bonds. The molecule has 13 heavy (non-hydrogen) atoms. The molecule has 0 bridgehead atoms. The minimum atomic E-state index is -0.813. The third-order valence-electron chi connectivity index (χ3n) is 2.89. The molecule has 1 N–H and O–H groups in total. The van der Waals surface area contributed by atoms with Gasteiger partial charge in [-0.3, -0.25) is 9.59 Å². The van der Waals surface area contributed by atoms with E-state index in [4.69, 9.17) is 5.11 Å². The molecule has 1 aliphatic rings. The fourth-order valence-electron chi connectivity index (χ4n) is 2.10. The summed E-state index contributed by atoms with van der Waals surface area (Å²) in [4.78, 5) is 21.9. The topological polar surface area (TPSA) is 54.4 Å². The molecule has 1 aliphatic carbocycles. The van der Waals surface area contributed by atoms with E-state index >= 15 is 0 Å². The lowest BCUT2D eigenvalue weighted by Crippen LogP contribution is -2.33. The molecule has 0 aromatic carbocycles. The van der Waals surface area contributed by atoms with Crippen molar-refractivity contribution in [3.8, 4) is 0 Å². The molecule has 0 spiro atoms. The summed E-state index contributed by atoms with van der Waals surface area (Å²) in [6.07, 6.45) is 1.54. The van der Waals surface area contributed by atoms with Gasteiger partial charge in [-0.05, 0) is 18.3 Å². The number of carbonyl (C=O) groups excluding carboxylic acids is 1. The Morgan fingerprint density at radius 1 is 1.54 bits per heavy atom. The van der Waals surface area contributed by atoms with Crippen LogP contribution in [0.2, 0.25) is 0 Å². The monoisotopic (exact) mass is 184 g/mol. The number of hydrogen-bond acceptors (Lipinski definition) is 2. The van der Waals surface area contributed by atoms with E-state index in [1.54, 1.807) is 0 Å². The lowest BCUT2D eigenvalue weighted by atomic mass is 9.73. The molecule has 3 heteroatoms. The number of carbonyl (C=O) groups is 2. The summed E-state index contributed by atoms with van der Waals surface area (Å²) in [5, 5.41) is 8.92. The van der Waals surface area contributed by atoms with E-state index < -0.39 is 11.9 Å². The van der Waals surface area contributed by atoms with Gasteiger partial charge >= 0.3 is 5.97 Å². The number of aliphatic carboxylic acids is 1. The Bertz CT molecular complexity index is 220. The van der Waals surface area contributed by atoms with Crippen LogP contribution in [0, 0.1) is 17.8 Å². The lowest BCUT2D eigenvalue weighted by molar-refractivity contribution is -0.148. The van der Waals surface area contributed by atoms with Crippen molar-refractivity contribution in [3.05, 3.63) is 0 Å². The van der Waals surface area contributed by atoms with Crippen LogP contribution in [0.1, 0.15) is 33.1 Å². The van der Waals surface area contributed by atoms with E-state index in [1.165, 1.54) is 0 Å². The summed E-state index contributed by atoms with van der Waals surface area (Å²) >= 11 is 0. The van der Waals surface area contributed by atoms with Gasteiger partial charge in [0.1, 0.15) is 5.78 Å². The van der Waals surface area contributed by atoms with Crippen LogP contribution in [0.5, 0.6) is 0 Å². The number of carboxylic acids is 1. The first-order chi connectivity index (χ1) is 6.02. The first kappa shape index (κ1) is 10.2. The van der Waals surface area contributed by atoms with Crippen molar-refractivity contribution in [2.24, 2.45) is 17.8 Å². The molecule has 0 aromatic heterocycles. The average Bonchev–Trinajstić information content (AvgIpc) is 2.03. The van der Waals surface area contributed by atoms with E-state index in [0.717, 1.165) is 6.42 Å². The van der Waals surface area contributed by atoms with Gasteiger partial charge in [-0.1, -0.05) is 13.8 Å². The molecule has 3 nitrogen and oxygen atoms in total. The Balaban J connectivity index is 2.71. The summed E-state index contributed by atoms with van der Waals surface area (Å²) < 4.78 is 0. The zero-order valence-corrected chi connectivity index (χ0v) is 8.12. The van der Waals surface area contributed by atoms with E-state index in [1.807, 2.05) is 13.8 Å². The molecular weight excluding hydrogens is 168 g/mol. The van der Waals surface area contributed by atoms with Crippen molar-refractivity contribution >= 4 is 11.8 Å². The maximum Gasteiger partial charge on any atom is 0.307 e. The maximum absolute atomic E-state index is 11.1. The van der Waals surface area contributed by atoms with Gasteiger partial charge in [-0.25, -0.2) is 0 Å². The highest BCUT2D eigenvalue weighted by Gasteiger charge is 2.35. The normalized spacial score (nSPS) is 29.3. The summed E-state index contributed by atoms with van der Waals surface area (Å²) in [5.74, 6) is -0.623. The highest BCUT2D eigenvalue weighted by atomic mass is 16.4. The van der Waals surface area contributed by atoms with Crippen molar-refractivity contribution in [2.75, 3.05) is 0 Å². The van der Waals surface area contributed by atoms with Crippen molar-refractivity contribution < 1.29 is 14.7 Å². The van der Waals surface area contributed by atoms with Crippen LogP contribution in [-0.4, -0.2) is 16.9 Å². The summed E-state index contributed by atoms with van der Waals surface area (Å²) in [6, 6.07) is 0. The fraction of sp³-hybridized carbons (Fsp3) is 0.800. The molecule has 2 atom stereocenters. The summed E-state index contributed by atoms with van der Waals surface area (Å²) in [6.45, 7) is 4.05. The Morgan fingerprint density at radius 2 is 2.15 bits per heavy atom. The molecule has 0 radical (unpaired) electrons. The third kappa shape index (κ3) is 2.29. The molecule has 1 rings (SSSR count). The van der Waals surface area contributed by atoms with Gasteiger partial charge in [0.25, 0.3) is 0 Å². The van der Waals surface area contributed by atoms with Crippen LogP contribution in [0.4, 0.5) is 0 Å². The Morgan fingerprint density at radius 3 is 2.62 bits per heavy atom. The number of Topliss-reactive ketones (excluding diaryl/α,β-unsaturated/α-hetero) is 1. The van der Waals surface area contributed by atoms with Gasteiger partial charge in [0.05, 0.1) is 5.92 Å². The van der Waals surface area contributed by atoms with Crippen molar-refractivity contribution in [1.82, 2.24) is 0 Å². The largest absolute Gasteiger partial charge is 0.481 e. The predicted octanol–water partition coefficient (Wildman–Crippen LogP) is 1.71. The minimum absolute atomic E-state index is 0.101. The molecule has 1 saturated carbocycles. The average molecular weight is 184 g/mol. The molecular formula is C10H16O3. The molecule has 0 aromatic rings. The molecule has 0 heterocycles. The van der Waals surface area contributed by atoms with Gasteiger partial charge in [-0.2, -0.15) is 0 Å².